The van der Waals surface area contributed by atoms with Gasteiger partial charge in [0.15, 0.2) is 13.2 Å². The maximum Gasteiger partial charge on any atom is 0.344 e. The van der Waals surface area contributed by atoms with Crippen molar-refractivity contribution in [2.75, 3.05) is 18.9 Å². The average molecular weight is 403 g/mol. The third kappa shape index (κ3) is 5.13. The molecule has 0 aliphatic carbocycles. The van der Waals surface area contributed by atoms with Gasteiger partial charge in [0.2, 0.25) is 5.78 Å². The first kappa shape index (κ1) is 21.9. The smallest absolute Gasteiger partial charge is 0.344 e. The molecule has 0 amide bonds. The Kier molecular flexibility index (Phi) is 6.98. The summed E-state index contributed by atoms with van der Waals surface area (Å²) in [5, 5.41) is 0. The summed E-state index contributed by atoms with van der Waals surface area (Å²) in [5.41, 5.74) is 4.96. The molecule has 9 nitrogen and oxygen atoms in total. The van der Waals surface area contributed by atoms with Crippen LogP contribution in [0.5, 0.6) is 5.75 Å². The first-order chi connectivity index (χ1) is 13.6. The molecule has 0 spiro atoms. The lowest BCUT2D eigenvalue weighted by Crippen LogP contribution is -2.43. The van der Waals surface area contributed by atoms with Gasteiger partial charge in [-0.15, -0.1) is 0 Å². The van der Waals surface area contributed by atoms with Crippen molar-refractivity contribution in [3.05, 3.63) is 56.2 Å². The minimum absolute atomic E-state index is 0.0619. The number of ether oxygens (including phenoxy) is 2. The lowest BCUT2D eigenvalue weighted by Gasteiger charge is -2.16. The van der Waals surface area contributed by atoms with Crippen LogP contribution in [0.3, 0.4) is 0 Å². The van der Waals surface area contributed by atoms with Gasteiger partial charge in [0.25, 0.3) is 5.56 Å². The Morgan fingerprint density at radius 1 is 1.14 bits per heavy atom. The predicted octanol–water partition coefficient (Wildman–Crippen LogP) is 0.899. The number of aromatic nitrogens is 2. The summed E-state index contributed by atoms with van der Waals surface area (Å²) in [5.74, 6) is -1.21. The first-order valence-corrected chi connectivity index (χ1v) is 9.10. The summed E-state index contributed by atoms with van der Waals surface area (Å²) in [6.07, 6.45) is 0. The van der Waals surface area contributed by atoms with E-state index in [9.17, 15) is 19.2 Å². The standard InChI is InChI=1S/C20H25N3O6/c1-12(2)9-23-18(21)17(19(26)22(4)20(23)27)14(24)10-29-16(25)11-28-15-8-6-5-7-13(15)3/h5-8,12H,9-11,21H2,1-4H3. The third-order valence-electron chi connectivity index (χ3n) is 4.21. The number of Topliss-reactive ketones (excluding diaryl/α,β-unsaturated/α-hetero) is 1. The highest BCUT2D eigenvalue weighted by Gasteiger charge is 2.23. The topological polar surface area (TPSA) is 123 Å². The summed E-state index contributed by atoms with van der Waals surface area (Å²) in [7, 11) is 1.26. The van der Waals surface area contributed by atoms with Crippen LogP contribution >= 0.6 is 0 Å². The Morgan fingerprint density at radius 3 is 2.41 bits per heavy atom. The molecular formula is C20H25N3O6. The number of carbonyl (C=O) groups excluding carboxylic acids is 2. The molecule has 2 N–H and O–H groups in total. The Hall–Kier alpha value is -3.36. The highest BCUT2D eigenvalue weighted by Crippen LogP contribution is 2.16. The van der Waals surface area contributed by atoms with Crippen molar-refractivity contribution in [2.24, 2.45) is 13.0 Å². The second-order valence-electron chi connectivity index (χ2n) is 7.05. The van der Waals surface area contributed by atoms with E-state index in [0.717, 1.165) is 10.1 Å². The van der Waals surface area contributed by atoms with Crippen molar-refractivity contribution in [2.45, 2.75) is 27.3 Å². The SMILES string of the molecule is Cc1ccccc1OCC(=O)OCC(=O)c1c(N)n(CC(C)C)c(=O)n(C)c1=O. The number of nitrogen functional groups attached to an aromatic ring is 1. The van der Waals surface area contributed by atoms with Crippen molar-refractivity contribution < 1.29 is 19.1 Å². The fourth-order valence-corrected chi connectivity index (χ4v) is 2.70. The highest BCUT2D eigenvalue weighted by molar-refractivity contribution is 6.01. The largest absolute Gasteiger partial charge is 0.482 e. The average Bonchev–Trinajstić information content (AvgIpc) is 2.67. The van der Waals surface area contributed by atoms with Crippen LogP contribution in [-0.4, -0.2) is 34.1 Å². The molecule has 9 heteroatoms. The molecule has 0 atom stereocenters. The predicted molar refractivity (Wildman–Crippen MR) is 107 cm³/mol. The van der Waals surface area contributed by atoms with Gasteiger partial charge >= 0.3 is 11.7 Å². The van der Waals surface area contributed by atoms with Gasteiger partial charge in [-0.1, -0.05) is 32.0 Å². The number of nitrogens with zero attached hydrogens (tertiary/aromatic N) is 2. The van der Waals surface area contributed by atoms with Gasteiger partial charge in [-0.25, -0.2) is 9.59 Å². The molecule has 0 fully saturated rings. The lowest BCUT2D eigenvalue weighted by atomic mass is 10.1. The van der Waals surface area contributed by atoms with Gasteiger partial charge in [-0.2, -0.15) is 0 Å². The molecule has 0 saturated heterocycles. The number of nitrogens with two attached hydrogens (primary N) is 1. The highest BCUT2D eigenvalue weighted by atomic mass is 16.6. The van der Waals surface area contributed by atoms with E-state index in [2.05, 4.69) is 0 Å². The summed E-state index contributed by atoms with van der Waals surface area (Å²) in [6, 6.07) is 7.13. The van der Waals surface area contributed by atoms with Gasteiger partial charge < -0.3 is 15.2 Å². The number of esters is 1. The molecule has 0 saturated carbocycles. The number of hydrogen-bond donors (Lipinski definition) is 1. The minimum Gasteiger partial charge on any atom is -0.482 e. The zero-order valence-corrected chi connectivity index (χ0v) is 16.9. The van der Waals surface area contributed by atoms with E-state index in [1.165, 1.54) is 11.6 Å². The van der Waals surface area contributed by atoms with Crippen molar-refractivity contribution in [1.82, 2.24) is 9.13 Å². The maximum atomic E-state index is 12.5. The first-order valence-electron chi connectivity index (χ1n) is 9.10. The molecule has 1 heterocycles. The van der Waals surface area contributed by atoms with Crippen molar-refractivity contribution in [3.63, 3.8) is 0 Å². The van der Waals surface area contributed by atoms with Crippen LogP contribution in [0.1, 0.15) is 29.8 Å². The van der Waals surface area contributed by atoms with E-state index in [0.29, 0.717) is 5.75 Å². The van der Waals surface area contributed by atoms with E-state index in [-0.39, 0.29) is 23.8 Å². The Labute approximate surface area is 167 Å². The molecule has 2 rings (SSSR count). The number of rotatable bonds is 8. The number of hydrogen-bond acceptors (Lipinski definition) is 7. The van der Waals surface area contributed by atoms with Crippen LogP contribution in [0, 0.1) is 12.8 Å². The zero-order valence-electron chi connectivity index (χ0n) is 16.9. The Balaban J connectivity index is 2.11. The molecule has 156 valence electrons. The molecule has 29 heavy (non-hydrogen) atoms. The number of anilines is 1. The van der Waals surface area contributed by atoms with Gasteiger partial charge in [0.1, 0.15) is 17.1 Å². The summed E-state index contributed by atoms with van der Waals surface area (Å²) < 4.78 is 12.3. The fourth-order valence-electron chi connectivity index (χ4n) is 2.70. The van der Waals surface area contributed by atoms with Crippen molar-refractivity contribution >= 4 is 17.6 Å². The third-order valence-corrected chi connectivity index (χ3v) is 4.21. The Bertz CT molecular complexity index is 1040. The fraction of sp³-hybridized carbons (Fsp3) is 0.400. The maximum absolute atomic E-state index is 12.5. The molecule has 0 unspecified atom stereocenters. The molecule has 0 radical (unpaired) electrons. The number of carbonyl (C=O) groups is 2. The van der Waals surface area contributed by atoms with Gasteiger partial charge in [0.05, 0.1) is 0 Å². The van der Waals surface area contributed by atoms with Gasteiger partial charge in [-0.05, 0) is 24.5 Å². The van der Waals surface area contributed by atoms with Crippen LogP contribution in [0.4, 0.5) is 5.82 Å². The molecule has 0 aliphatic heterocycles. The monoisotopic (exact) mass is 403 g/mol. The Morgan fingerprint density at radius 2 is 1.79 bits per heavy atom. The minimum atomic E-state index is -0.829. The van der Waals surface area contributed by atoms with E-state index in [1.54, 1.807) is 12.1 Å². The van der Waals surface area contributed by atoms with Crippen LogP contribution in [0.25, 0.3) is 0 Å². The summed E-state index contributed by atoms with van der Waals surface area (Å²) in [4.78, 5) is 49.0. The second kappa shape index (κ2) is 9.22. The summed E-state index contributed by atoms with van der Waals surface area (Å²) in [6.45, 7) is 4.73. The van der Waals surface area contributed by atoms with Gasteiger partial charge in [0, 0.05) is 13.6 Å². The molecule has 1 aromatic heterocycles. The molecular weight excluding hydrogens is 378 g/mol. The number of ketones is 1. The molecule has 0 aliphatic rings. The van der Waals surface area contributed by atoms with Crippen LogP contribution in [0.15, 0.2) is 33.9 Å². The molecule has 0 bridgehead atoms. The van der Waals surface area contributed by atoms with Crippen LogP contribution < -0.4 is 21.7 Å². The quantitative estimate of drug-likeness (QED) is 0.513. The van der Waals surface area contributed by atoms with Crippen molar-refractivity contribution in [1.29, 1.82) is 0 Å². The zero-order chi connectivity index (χ0) is 21.7. The lowest BCUT2D eigenvalue weighted by molar-refractivity contribution is -0.144. The van der Waals surface area contributed by atoms with E-state index >= 15 is 0 Å². The number of para-hydroxylation sites is 1. The van der Waals surface area contributed by atoms with E-state index in [4.69, 9.17) is 15.2 Å². The van der Waals surface area contributed by atoms with Crippen molar-refractivity contribution in [3.8, 4) is 5.75 Å². The molecule has 2 aromatic rings. The molecule has 1 aromatic carbocycles. The number of aryl methyl sites for hydroxylation is 1. The normalized spacial score (nSPS) is 10.8. The van der Waals surface area contributed by atoms with Gasteiger partial charge in [-0.3, -0.25) is 18.7 Å². The van der Waals surface area contributed by atoms with E-state index in [1.807, 2.05) is 32.9 Å². The van der Waals surface area contributed by atoms with E-state index < -0.39 is 36.2 Å². The van der Waals surface area contributed by atoms with Crippen LogP contribution in [-0.2, 0) is 23.1 Å². The summed E-state index contributed by atoms with van der Waals surface area (Å²) >= 11 is 0. The van der Waals surface area contributed by atoms with Crippen LogP contribution in [0.2, 0.25) is 0 Å². The second-order valence-corrected chi connectivity index (χ2v) is 7.05. The number of benzene rings is 1.